The van der Waals surface area contributed by atoms with Crippen LogP contribution in [0.5, 0.6) is 0 Å². The van der Waals surface area contributed by atoms with E-state index in [4.69, 9.17) is 0 Å². The Labute approximate surface area is 102 Å². The molecule has 0 aromatic carbocycles. The van der Waals surface area contributed by atoms with Crippen LogP contribution in [0.3, 0.4) is 0 Å². The molecule has 1 aliphatic carbocycles. The normalized spacial score (nSPS) is 36.6. The molecule has 5 nitrogen and oxygen atoms in total. The number of sulfone groups is 1. The maximum atomic E-state index is 12.2. The largest absolute Gasteiger partial charge is 0.468 e. The minimum atomic E-state index is -3.17. The summed E-state index contributed by atoms with van der Waals surface area (Å²) in [5, 5.41) is 2.83. The predicted octanol–water partition coefficient (Wildman–Crippen LogP) is 0.247. The summed E-state index contributed by atoms with van der Waals surface area (Å²) in [7, 11) is -1.89. The maximum Gasteiger partial charge on any atom is 0.323 e. The first-order chi connectivity index (χ1) is 8.04. The highest BCUT2D eigenvalue weighted by molar-refractivity contribution is 7.92. The molecule has 2 aliphatic rings. The summed E-state index contributed by atoms with van der Waals surface area (Å²) in [6, 6.07) is -0.773. The van der Waals surface area contributed by atoms with Gasteiger partial charge in [-0.2, -0.15) is 0 Å². The predicted molar refractivity (Wildman–Crippen MR) is 63.4 cm³/mol. The average molecular weight is 261 g/mol. The summed E-state index contributed by atoms with van der Waals surface area (Å²) in [5.74, 6) is -0.600. The van der Waals surface area contributed by atoms with E-state index in [2.05, 4.69) is 10.1 Å². The van der Waals surface area contributed by atoms with Crippen molar-refractivity contribution in [1.29, 1.82) is 0 Å². The Bertz CT molecular complexity index is 392. The molecule has 1 saturated heterocycles. The van der Waals surface area contributed by atoms with Crippen LogP contribution in [0.25, 0.3) is 0 Å². The minimum absolute atomic E-state index is 0.0830. The molecule has 17 heavy (non-hydrogen) atoms. The number of carbonyl (C=O) groups is 1. The van der Waals surface area contributed by atoms with Crippen LogP contribution in [0.15, 0.2) is 0 Å². The third-order valence-corrected chi connectivity index (χ3v) is 6.00. The summed E-state index contributed by atoms with van der Waals surface area (Å²) in [6.45, 7) is 0. The van der Waals surface area contributed by atoms with Gasteiger partial charge in [0.2, 0.25) is 0 Å². The van der Waals surface area contributed by atoms with Gasteiger partial charge in [0, 0.05) is 6.04 Å². The van der Waals surface area contributed by atoms with E-state index in [-0.39, 0.29) is 17.0 Å². The third-order valence-electron chi connectivity index (χ3n) is 3.71. The van der Waals surface area contributed by atoms with E-state index in [9.17, 15) is 13.2 Å². The summed E-state index contributed by atoms with van der Waals surface area (Å²) >= 11 is 0. The van der Waals surface area contributed by atoms with Crippen molar-refractivity contribution < 1.29 is 17.9 Å². The topological polar surface area (TPSA) is 72.5 Å². The van der Waals surface area contributed by atoms with Gasteiger partial charge in [0.25, 0.3) is 0 Å². The molecule has 1 aliphatic heterocycles. The molecule has 0 amide bonds. The van der Waals surface area contributed by atoms with Gasteiger partial charge in [-0.25, -0.2) is 8.42 Å². The zero-order chi connectivity index (χ0) is 12.5. The lowest BCUT2D eigenvalue weighted by Crippen LogP contribution is -2.59. The number of fused-ring (bicyclic) bond motifs is 1. The number of hydrogen-bond donors (Lipinski definition) is 1. The van der Waals surface area contributed by atoms with Crippen LogP contribution in [0.1, 0.15) is 32.1 Å². The lowest BCUT2D eigenvalue weighted by Gasteiger charge is -2.35. The van der Waals surface area contributed by atoms with E-state index in [0.29, 0.717) is 6.42 Å². The maximum absolute atomic E-state index is 12.2. The minimum Gasteiger partial charge on any atom is -0.468 e. The standard InChI is InChI=1S/C11H19NO4S/c1-16-11(13)9-7-17(14,15)10-6-4-2-3-5-8(10)12-9/h8-10,12H,2-7H2,1H3. The molecule has 1 N–H and O–H groups in total. The number of esters is 1. The number of rotatable bonds is 1. The number of nitrogens with one attached hydrogen (secondary N) is 1. The van der Waals surface area contributed by atoms with Crippen LogP contribution >= 0.6 is 0 Å². The van der Waals surface area contributed by atoms with Crippen LogP contribution < -0.4 is 5.32 Å². The molecule has 0 aromatic heterocycles. The highest BCUT2D eigenvalue weighted by atomic mass is 32.2. The molecule has 0 spiro atoms. The molecule has 1 saturated carbocycles. The monoisotopic (exact) mass is 261 g/mol. The van der Waals surface area contributed by atoms with Crippen molar-refractivity contribution in [3.05, 3.63) is 0 Å². The van der Waals surface area contributed by atoms with Gasteiger partial charge in [-0.1, -0.05) is 19.3 Å². The molecule has 0 bridgehead atoms. The van der Waals surface area contributed by atoms with Gasteiger partial charge in [0.1, 0.15) is 6.04 Å². The Morgan fingerprint density at radius 3 is 2.65 bits per heavy atom. The molecule has 2 rings (SSSR count). The Morgan fingerprint density at radius 1 is 1.24 bits per heavy atom. The molecule has 6 heteroatoms. The zero-order valence-electron chi connectivity index (χ0n) is 10.0. The molecule has 1 heterocycles. The Kier molecular flexibility index (Phi) is 3.73. The number of carbonyl (C=O) groups excluding carboxylic acids is 1. The second-order valence-corrected chi connectivity index (χ2v) is 7.12. The third kappa shape index (κ3) is 2.63. The van der Waals surface area contributed by atoms with Crippen molar-refractivity contribution in [3.8, 4) is 0 Å². The zero-order valence-corrected chi connectivity index (χ0v) is 10.8. The number of ether oxygens (including phenoxy) is 1. The van der Waals surface area contributed by atoms with Gasteiger partial charge in [0.05, 0.1) is 18.1 Å². The second-order valence-electron chi connectivity index (χ2n) is 4.85. The summed E-state index contributed by atoms with van der Waals surface area (Å²) < 4.78 is 28.9. The van der Waals surface area contributed by atoms with Crippen LogP contribution in [0, 0.1) is 0 Å². The fourth-order valence-corrected chi connectivity index (χ4v) is 5.02. The number of hydrogen-bond acceptors (Lipinski definition) is 5. The quantitative estimate of drug-likeness (QED) is 0.685. The molecule has 2 fully saturated rings. The second kappa shape index (κ2) is 4.94. The molecule has 3 unspecified atom stereocenters. The first-order valence-corrected chi connectivity index (χ1v) is 7.81. The Morgan fingerprint density at radius 2 is 1.94 bits per heavy atom. The van der Waals surface area contributed by atoms with Crippen LogP contribution in [-0.2, 0) is 19.4 Å². The van der Waals surface area contributed by atoms with Gasteiger partial charge >= 0.3 is 5.97 Å². The fourth-order valence-electron chi connectivity index (χ4n) is 2.83. The van der Waals surface area contributed by atoms with E-state index in [1.807, 2.05) is 0 Å². The smallest absolute Gasteiger partial charge is 0.323 e. The summed E-state index contributed by atoms with van der Waals surface area (Å²) in [4.78, 5) is 11.5. The van der Waals surface area contributed by atoms with Crippen molar-refractivity contribution in [1.82, 2.24) is 5.32 Å². The molecule has 0 radical (unpaired) electrons. The van der Waals surface area contributed by atoms with E-state index in [1.165, 1.54) is 7.11 Å². The first-order valence-electron chi connectivity index (χ1n) is 6.10. The van der Waals surface area contributed by atoms with Gasteiger partial charge in [0.15, 0.2) is 9.84 Å². The average Bonchev–Trinajstić information content (AvgIpc) is 2.52. The lowest BCUT2D eigenvalue weighted by atomic mass is 10.1. The summed E-state index contributed by atoms with van der Waals surface area (Å²) in [6.07, 6.45) is 4.61. The summed E-state index contributed by atoms with van der Waals surface area (Å²) in [5.41, 5.74) is 0. The van der Waals surface area contributed by atoms with Gasteiger partial charge < -0.3 is 4.74 Å². The number of methoxy groups -OCH3 is 1. The molecule has 0 aromatic rings. The van der Waals surface area contributed by atoms with Gasteiger partial charge in [-0.05, 0) is 12.8 Å². The Hall–Kier alpha value is -0.620. The van der Waals surface area contributed by atoms with Crippen molar-refractivity contribution in [2.24, 2.45) is 0 Å². The lowest BCUT2D eigenvalue weighted by molar-refractivity contribution is -0.142. The van der Waals surface area contributed by atoms with E-state index in [0.717, 1.165) is 25.7 Å². The first kappa shape index (κ1) is 12.8. The van der Waals surface area contributed by atoms with Crippen molar-refractivity contribution >= 4 is 15.8 Å². The highest BCUT2D eigenvalue weighted by Crippen LogP contribution is 2.28. The molecular weight excluding hydrogens is 242 g/mol. The molecule has 3 atom stereocenters. The van der Waals surface area contributed by atoms with Crippen LogP contribution in [0.4, 0.5) is 0 Å². The van der Waals surface area contributed by atoms with E-state index >= 15 is 0 Å². The highest BCUT2D eigenvalue weighted by Gasteiger charge is 2.43. The molecular formula is C11H19NO4S. The van der Waals surface area contributed by atoms with Gasteiger partial charge in [-0.3, -0.25) is 10.1 Å². The van der Waals surface area contributed by atoms with E-state index < -0.39 is 21.8 Å². The van der Waals surface area contributed by atoms with Crippen molar-refractivity contribution in [2.75, 3.05) is 12.9 Å². The van der Waals surface area contributed by atoms with Crippen LogP contribution in [-0.4, -0.2) is 44.6 Å². The SMILES string of the molecule is COC(=O)C1CS(=O)(=O)C2CCCCCC2N1. The Balaban J connectivity index is 2.20. The van der Waals surface area contributed by atoms with E-state index in [1.54, 1.807) is 0 Å². The molecule has 98 valence electrons. The van der Waals surface area contributed by atoms with Crippen LogP contribution in [0.2, 0.25) is 0 Å². The van der Waals surface area contributed by atoms with Crippen molar-refractivity contribution in [3.63, 3.8) is 0 Å². The van der Waals surface area contributed by atoms with Crippen molar-refractivity contribution in [2.45, 2.75) is 49.4 Å². The van der Waals surface area contributed by atoms with Gasteiger partial charge in [-0.15, -0.1) is 0 Å². The fraction of sp³-hybridized carbons (Fsp3) is 0.909.